The molecule has 4 aliphatic rings. The van der Waals surface area contributed by atoms with Gasteiger partial charge in [-0.2, -0.15) is 4.98 Å². The number of aromatic nitrogens is 2. The fourth-order valence-electron chi connectivity index (χ4n) is 3.70. The molecule has 1 aliphatic carbocycles. The molecule has 1 saturated carbocycles. The minimum absolute atomic E-state index is 0.337. The molecule has 116 valence electrons. The van der Waals surface area contributed by atoms with Crippen LogP contribution in [-0.2, 0) is 6.42 Å². The average Bonchev–Trinajstić information content (AvgIpc) is 3.27. The molecule has 6 heteroatoms. The van der Waals surface area contributed by atoms with Crippen LogP contribution in [0.1, 0.15) is 37.5 Å². The molecule has 0 aromatic carbocycles. The molecule has 3 aliphatic heterocycles. The summed E-state index contributed by atoms with van der Waals surface area (Å²) in [5.41, 5.74) is 0. The van der Waals surface area contributed by atoms with Crippen molar-refractivity contribution >= 4 is 0 Å². The van der Waals surface area contributed by atoms with Crippen LogP contribution < -0.4 is 5.32 Å². The monoisotopic (exact) mass is 291 g/mol. The Hall–Kier alpha value is -0.980. The van der Waals surface area contributed by atoms with E-state index in [1.807, 2.05) is 0 Å². The number of nitrogens with one attached hydrogen (secondary N) is 1. The van der Waals surface area contributed by atoms with Crippen LogP contribution in [0.5, 0.6) is 0 Å². The first-order chi connectivity index (χ1) is 10.3. The molecule has 0 spiro atoms. The van der Waals surface area contributed by atoms with E-state index in [9.17, 15) is 0 Å². The second-order valence-corrected chi connectivity index (χ2v) is 6.60. The van der Waals surface area contributed by atoms with E-state index >= 15 is 0 Å². The summed E-state index contributed by atoms with van der Waals surface area (Å²) in [5, 5.41) is 7.83. The summed E-state index contributed by atoms with van der Waals surface area (Å²) in [4.78, 5) is 9.70. The molecule has 3 saturated heterocycles. The lowest BCUT2D eigenvalue weighted by molar-refractivity contribution is 0.00781. The van der Waals surface area contributed by atoms with Crippen molar-refractivity contribution in [2.24, 2.45) is 5.92 Å². The normalized spacial score (nSPS) is 33.3. The fourth-order valence-corrected chi connectivity index (χ4v) is 3.70. The first kappa shape index (κ1) is 13.7. The third-order valence-corrected chi connectivity index (χ3v) is 5.11. The molecule has 4 fully saturated rings. The number of nitrogens with zero attached hydrogens (tertiary/aromatic N) is 4. The summed E-state index contributed by atoms with van der Waals surface area (Å²) < 4.78 is 5.53. The van der Waals surface area contributed by atoms with Crippen LogP contribution in [0, 0.1) is 5.92 Å². The van der Waals surface area contributed by atoms with Crippen LogP contribution in [0.4, 0.5) is 0 Å². The van der Waals surface area contributed by atoms with Crippen LogP contribution in [0.15, 0.2) is 4.52 Å². The van der Waals surface area contributed by atoms with Crippen molar-refractivity contribution < 1.29 is 4.52 Å². The molecule has 4 heterocycles. The number of piperazine rings is 3. The van der Waals surface area contributed by atoms with Crippen molar-refractivity contribution in [1.82, 2.24) is 25.3 Å². The van der Waals surface area contributed by atoms with Crippen molar-refractivity contribution in [1.29, 1.82) is 0 Å². The van der Waals surface area contributed by atoms with Crippen molar-refractivity contribution in [2.75, 3.05) is 39.3 Å². The number of fused-ring (bicyclic) bond motifs is 3. The molecule has 6 nitrogen and oxygen atoms in total. The topological polar surface area (TPSA) is 57.4 Å². The Labute approximate surface area is 125 Å². The predicted octanol–water partition coefficient (Wildman–Crippen LogP) is 0.673. The molecular weight excluding hydrogens is 266 g/mol. The Balaban J connectivity index is 1.43. The van der Waals surface area contributed by atoms with Gasteiger partial charge in [0, 0.05) is 45.2 Å². The standard InChI is InChI=1S/C15H25N5O/c1-2-16-12(11-3-4-11)9-14-17-15(18-21-14)13-10-19-5-7-20(13)8-6-19/h11-13,16H,2-10H2,1H3. The zero-order chi connectivity index (χ0) is 14.2. The van der Waals surface area contributed by atoms with Gasteiger partial charge in [-0.25, -0.2) is 0 Å². The van der Waals surface area contributed by atoms with Gasteiger partial charge in [-0.1, -0.05) is 12.1 Å². The van der Waals surface area contributed by atoms with Gasteiger partial charge in [0.15, 0.2) is 5.82 Å². The van der Waals surface area contributed by atoms with E-state index in [0.29, 0.717) is 12.1 Å². The molecule has 0 amide bonds. The summed E-state index contributed by atoms with van der Waals surface area (Å²) in [5.74, 6) is 2.50. The van der Waals surface area contributed by atoms with Gasteiger partial charge in [-0.3, -0.25) is 9.80 Å². The van der Waals surface area contributed by atoms with E-state index in [2.05, 4.69) is 27.2 Å². The molecule has 1 N–H and O–H groups in total. The molecule has 2 unspecified atom stereocenters. The number of hydrogen-bond acceptors (Lipinski definition) is 6. The first-order valence-corrected chi connectivity index (χ1v) is 8.35. The highest BCUT2D eigenvalue weighted by atomic mass is 16.5. The third-order valence-electron chi connectivity index (χ3n) is 5.11. The van der Waals surface area contributed by atoms with E-state index in [4.69, 9.17) is 9.51 Å². The van der Waals surface area contributed by atoms with Gasteiger partial charge in [0.2, 0.25) is 5.89 Å². The SMILES string of the molecule is CCNC(Cc1nc(C2CN3CCN2CC3)no1)C1CC1. The Kier molecular flexibility index (Phi) is 3.69. The number of rotatable bonds is 6. The quantitative estimate of drug-likeness (QED) is 0.831. The summed E-state index contributed by atoms with van der Waals surface area (Å²) in [6.45, 7) is 8.87. The van der Waals surface area contributed by atoms with Crippen LogP contribution in [0.3, 0.4) is 0 Å². The lowest BCUT2D eigenvalue weighted by Gasteiger charge is -2.46. The molecule has 2 atom stereocenters. The maximum Gasteiger partial charge on any atom is 0.228 e. The second kappa shape index (κ2) is 5.66. The van der Waals surface area contributed by atoms with E-state index < -0.39 is 0 Å². The number of likely N-dealkylation sites (N-methyl/N-ethyl adjacent to an activating group) is 1. The minimum atomic E-state index is 0.337. The molecule has 0 radical (unpaired) electrons. The van der Waals surface area contributed by atoms with Gasteiger partial charge in [0.1, 0.15) is 0 Å². The summed E-state index contributed by atoms with van der Waals surface area (Å²) in [7, 11) is 0. The number of hydrogen-bond donors (Lipinski definition) is 1. The van der Waals surface area contributed by atoms with Crippen molar-refractivity contribution in [3.05, 3.63) is 11.7 Å². The Morgan fingerprint density at radius 2 is 2.10 bits per heavy atom. The largest absolute Gasteiger partial charge is 0.339 e. The highest BCUT2D eigenvalue weighted by Gasteiger charge is 2.36. The minimum Gasteiger partial charge on any atom is -0.339 e. The van der Waals surface area contributed by atoms with Gasteiger partial charge in [-0.15, -0.1) is 0 Å². The Morgan fingerprint density at radius 1 is 1.29 bits per heavy atom. The molecule has 2 bridgehead atoms. The van der Waals surface area contributed by atoms with Crippen molar-refractivity contribution in [2.45, 2.75) is 38.3 Å². The zero-order valence-corrected chi connectivity index (χ0v) is 12.8. The molecule has 1 aromatic rings. The van der Waals surface area contributed by atoms with Gasteiger partial charge in [-0.05, 0) is 25.3 Å². The average molecular weight is 291 g/mol. The Morgan fingerprint density at radius 3 is 2.71 bits per heavy atom. The smallest absolute Gasteiger partial charge is 0.228 e. The van der Waals surface area contributed by atoms with E-state index in [1.54, 1.807) is 0 Å². The maximum atomic E-state index is 5.53. The van der Waals surface area contributed by atoms with Gasteiger partial charge in [0.05, 0.1) is 6.04 Å². The van der Waals surface area contributed by atoms with Crippen LogP contribution in [-0.4, -0.2) is 65.3 Å². The summed E-state index contributed by atoms with van der Waals surface area (Å²) in [6.07, 6.45) is 3.55. The van der Waals surface area contributed by atoms with E-state index in [-0.39, 0.29) is 0 Å². The molecular formula is C15H25N5O. The summed E-state index contributed by atoms with van der Waals surface area (Å²) in [6, 6.07) is 0.846. The maximum absolute atomic E-state index is 5.53. The predicted molar refractivity (Wildman–Crippen MR) is 78.9 cm³/mol. The van der Waals surface area contributed by atoms with Crippen LogP contribution in [0.25, 0.3) is 0 Å². The Bertz CT molecular complexity index is 478. The second-order valence-electron chi connectivity index (χ2n) is 6.60. The third kappa shape index (κ3) is 2.84. The lowest BCUT2D eigenvalue weighted by atomic mass is 10.1. The molecule has 1 aromatic heterocycles. The zero-order valence-electron chi connectivity index (χ0n) is 12.8. The van der Waals surface area contributed by atoms with Crippen molar-refractivity contribution in [3.8, 4) is 0 Å². The van der Waals surface area contributed by atoms with Gasteiger partial charge < -0.3 is 9.84 Å². The van der Waals surface area contributed by atoms with Gasteiger partial charge >= 0.3 is 0 Å². The highest BCUT2D eigenvalue weighted by Crippen LogP contribution is 2.34. The summed E-state index contributed by atoms with van der Waals surface area (Å²) >= 11 is 0. The van der Waals surface area contributed by atoms with E-state index in [0.717, 1.165) is 50.2 Å². The highest BCUT2D eigenvalue weighted by molar-refractivity contribution is 5.03. The van der Waals surface area contributed by atoms with Crippen LogP contribution in [0.2, 0.25) is 0 Å². The van der Waals surface area contributed by atoms with Crippen molar-refractivity contribution in [3.63, 3.8) is 0 Å². The molecule has 5 rings (SSSR count). The van der Waals surface area contributed by atoms with Gasteiger partial charge in [0.25, 0.3) is 0 Å². The molecule has 21 heavy (non-hydrogen) atoms. The lowest BCUT2D eigenvalue weighted by Crippen LogP contribution is -2.57. The van der Waals surface area contributed by atoms with Crippen LogP contribution >= 0.6 is 0 Å². The fraction of sp³-hybridized carbons (Fsp3) is 0.867. The first-order valence-electron chi connectivity index (χ1n) is 8.35. The van der Waals surface area contributed by atoms with E-state index in [1.165, 1.54) is 25.9 Å².